The Bertz CT molecular complexity index is 460. The number of hydrogen-bond acceptors (Lipinski definition) is 7. The van der Waals surface area contributed by atoms with Crippen LogP contribution in [0, 0.1) is 0 Å². The SMILES string of the molecule is COC(=O)c1ccc(OC(C)(C)C(C)(C)O)cc1.OB(O)O. The van der Waals surface area contributed by atoms with Crippen molar-refractivity contribution in [3.63, 3.8) is 0 Å². The van der Waals surface area contributed by atoms with Crippen LogP contribution in [-0.2, 0) is 4.74 Å². The van der Waals surface area contributed by atoms with Crippen LogP contribution in [0.25, 0.3) is 0 Å². The number of carbonyl (C=O) groups is 1. The van der Waals surface area contributed by atoms with Crippen molar-refractivity contribution in [3.05, 3.63) is 29.8 Å². The van der Waals surface area contributed by atoms with E-state index in [9.17, 15) is 9.90 Å². The second kappa shape index (κ2) is 8.14. The van der Waals surface area contributed by atoms with Gasteiger partial charge in [-0.1, -0.05) is 0 Å². The third-order valence-corrected chi connectivity index (χ3v) is 3.12. The highest BCUT2D eigenvalue weighted by Crippen LogP contribution is 2.27. The van der Waals surface area contributed by atoms with Gasteiger partial charge in [0.15, 0.2) is 0 Å². The van der Waals surface area contributed by atoms with Crippen LogP contribution in [0.3, 0.4) is 0 Å². The monoisotopic (exact) mass is 314 g/mol. The minimum absolute atomic E-state index is 0.386. The van der Waals surface area contributed by atoms with Gasteiger partial charge in [-0.05, 0) is 52.0 Å². The maximum absolute atomic E-state index is 11.3. The Balaban J connectivity index is 0.000000980. The quantitative estimate of drug-likeness (QED) is 0.468. The standard InChI is InChI=1S/C14H20O4.BH3O3/c1-13(2,16)14(3,4)18-11-8-6-10(7-9-11)12(15)17-5;2-1(3)4/h6-9,16H,1-5H3;2-4H. The number of rotatable bonds is 4. The van der Waals surface area contributed by atoms with Crippen molar-refractivity contribution >= 4 is 13.3 Å². The molecule has 0 unspecified atom stereocenters. The molecule has 0 atom stereocenters. The second-order valence-corrected chi connectivity index (χ2v) is 5.53. The molecule has 0 aromatic heterocycles. The van der Waals surface area contributed by atoms with Gasteiger partial charge < -0.3 is 29.7 Å². The molecule has 0 bridgehead atoms. The summed E-state index contributed by atoms with van der Waals surface area (Å²) < 4.78 is 10.3. The molecular formula is C14H23BO7. The minimum atomic E-state index is -2.17. The lowest BCUT2D eigenvalue weighted by molar-refractivity contribution is -0.0906. The van der Waals surface area contributed by atoms with Crippen LogP contribution in [0.5, 0.6) is 5.75 Å². The first-order valence-corrected chi connectivity index (χ1v) is 6.54. The Morgan fingerprint density at radius 1 is 1.05 bits per heavy atom. The zero-order valence-corrected chi connectivity index (χ0v) is 13.4. The molecule has 0 aliphatic heterocycles. The third kappa shape index (κ3) is 6.90. The van der Waals surface area contributed by atoms with Crippen molar-refractivity contribution in [2.24, 2.45) is 0 Å². The normalized spacial score (nSPS) is 11.1. The van der Waals surface area contributed by atoms with E-state index in [0.717, 1.165) is 0 Å². The van der Waals surface area contributed by atoms with Gasteiger partial charge in [-0.3, -0.25) is 0 Å². The zero-order valence-electron chi connectivity index (χ0n) is 13.4. The van der Waals surface area contributed by atoms with E-state index in [-0.39, 0.29) is 5.97 Å². The van der Waals surface area contributed by atoms with Crippen LogP contribution >= 0.6 is 0 Å². The molecule has 0 amide bonds. The van der Waals surface area contributed by atoms with Crippen LogP contribution in [0.15, 0.2) is 24.3 Å². The Hall–Kier alpha value is -1.61. The first kappa shape index (κ1) is 20.4. The lowest BCUT2D eigenvalue weighted by Gasteiger charge is -2.37. The Kier molecular flexibility index (Phi) is 7.55. The third-order valence-electron chi connectivity index (χ3n) is 3.12. The zero-order chi connectivity index (χ0) is 17.6. The Morgan fingerprint density at radius 3 is 1.77 bits per heavy atom. The number of methoxy groups -OCH3 is 1. The van der Waals surface area contributed by atoms with Gasteiger partial charge >= 0.3 is 13.3 Å². The van der Waals surface area contributed by atoms with Gasteiger partial charge in [-0.2, -0.15) is 0 Å². The minimum Gasteiger partial charge on any atom is -0.485 e. The van der Waals surface area contributed by atoms with Gasteiger partial charge in [0.25, 0.3) is 0 Å². The van der Waals surface area contributed by atoms with Crippen molar-refractivity contribution in [1.29, 1.82) is 0 Å². The maximum atomic E-state index is 11.3. The number of esters is 1. The highest BCUT2D eigenvalue weighted by molar-refractivity contribution is 6.30. The molecule has 0 heterocycles. The summed E-state index contributed by atoms with van der Waals surface area (Å²) >= 11 is 0. The molecule has 0 aliphatic rings. The Labute approximate surface area is 130 Å². The molecule has 0 radical (unpaired) electrons. The van der Waals surface area contributed by atoms with Gasteiger partial charge in [0.2, 0.25) is 0 Å². The number of hydrogen-bond donors (Lipinski definition) is 4. The molecule has 0 aliphatic carbocycles. The lowest BCUT2D eigenvalue weighted by atomic mass is 9.89. The average molecular weight is 314 g/mol. The van der Waals surface area contributed by atoms with E-state index < -0.39 is 18.5 Å². The molecule has 4 N–H and O–H groups in total. The summed E-state index contributed by atoms with van der Waals surface area (Å²) in [7, 11) is -0.829. The molecule has 0 fully saturated rings. The summed E-state index contributed by atoms with van der Waals surface area (Å²) in [5.74, 6) is 0.207. The largest absolute Gasteiger partial charge is 0.631 e. The second-order valence-electron chi connectivity index (χ2n) is 5.53. The molecule has 8 heteroatoms. The number of benzene rings is 1. The number of aliphatic hydroxyl groups is 1. The molecular weight excluding hydrogens is 291 g/mol. The molecule has 124 valence electrons. The summed E-state index contributed by atoms with van der Waals surface area (Å²) in [6.07, 6.45) is 0. The van der Waals surface area contributed by atoms with E-state index in [1.165, 1.54) is 7.11 Å². The molecule has 1 aromatic carbocycles. The number of carbonyl (C=O) groups excluding carboxylic acids is 1. The summed E-state index contributed by atoms with van der Waals surface area (Å²) in [5, 5.41) is 31.5. The maximum Gasteiger partial charge on any atom is 0.631 e. The summed E-state index contributed by atoms with van der Waals surface area (Å²) in [6.45, 7) is 6.99. The Morgan fingerprint density at radius 2 is 1.45 bits per heavy atom. The van der Waals surface area contributed by atoms with Crippen molar-refractivity contribution in [2.75, 3.05) is 7.11 Å². The molecule has 7 nitrogen and oxygen atoms in total. The van der Waals surface area contributed by atoms with Crippen molar-refractivity contribution < 1.29 is 34.4 Å². The fraction of sp³-hybridized carbons (Fsp3) is 0.500. The van der Waals surface area contributed by atoms with Gasteiger partial charge in [-0.25, -0.2) is 4.79 Å². The van der Waals surface area contributed by atoms with Crippen LogP contribution < -0.4 is 4.74 Å². The first-order chi connectivity index (χ1) is 9.90. The van der Waals surface area contributed by atoms with E-state index in [4.69, 9.17) is 19.8 Å². The fourth-order valence-electron chi connectivity index (χ4n) is 1.20. The van der Waals surface area contributed by atoms with Crippen LogP contribution in [0.2, 0.25) is 0 Å². The fourth-order valence-corrected chi connectivity index (χ4v) is 1.20. The topological polar surface area (TPSA) is 116 Å². The van der Waals surface area contributed by atoms with E-state index in [0.29, 0.717) is 11.3 Å². The molecule has 0 saturated heterocycles. The van der Waals surface area contributed by atoms with Gasteiger partial charge in [0, 0.05) is 0 Å². The summed E-state index contributed by atoms with van der Waals surface area (Å²) in [6, 6.07) is 6.61. The summed E-state index contributed by atoms with van der Waals surface area (Å²) in [5.41, 5.74) is -1.25. The lowest BCUT2D eigenvalue weighted by Crippen LogP contribution is -2.49. The van der Waals surface area contributed by atoms with Crippen LogP contribution in [0.4, 0.5) is 0 Å². The smallest absolute Gasteiger partial charge is 0.485 e. The molecule has 22 heavy (non-hydrogen) atoms. The van der Waals surface area contributed by atoms with E-state index in [1.807, 2.05) is 0 Å². The van der Waals surface area contributed by atoms with E-state index >= 15 is 0 Å². The van der Waals surface area contributed by atoms with Gasteiger partial charge in [-0.15, -0.1) is 0 Å². The van der Waals surface area contributed by atoms with Gasteiger partial charge in [0.1, 0.15) is 11.4 Å². The molecule has 1 aromatic rings. The molecule has 1 rings (SSSR count). The van der Waals surface area contributed by atoms with E-state index in [2.05, 4.69) is 4.74 Å². The van der Waals surface area contributed by atoms with Crippen molar-refractivity contribution in [2.45, 2.75) is 38.9 Å². The molecule has 0 spiro atoms. The number of ether oxygens (including phenoxy) is 2. The highest BCUT2D eigenvalue weighted by atomic mass is 16.5. The summed E-state index contributed by atoms with van der Waals surface area (Å²) in [4.78, 5) is 11.3. The molecule has 0 saturated carbocycles. The first-order valence-electron chi connectivity index (χ1n) is 6.54. The van der Waals surface area contributed by atoms with Crippen molar-refractivity contribution in [3.8, 4) is 5.75 Å². The predicted molar refractivity (Wildman–Crippen MR) is 81.2 cm³/mol. The van der Waals surface area contributed by atoms with Gasteiger partial charge in [0.05, 0.1) is 18.3 Å². The van der Waals surface area contributed by atoms with E-state index in [1.54, 1.807) is 52.0 Å². The predicted octanol–water partition coefficient (Wildman–Crippen LogP) is 0.350. The average Bonchev–Trinajstić information content (AvgIpc) is 2.36. The van der Waals surface area contributed by atoms with Crippen molar-refractivity contribution in [1.82, 2.24) is 0 Å². The van der Waals surface area contributed by atoms with Crippen LogP contribution in [-0.4, -0.2) is 51.8 Å². The highest BCUT2D eigenvalue weighted by Gasteiger charge is 2.37. The van der Waals surface area contributed by atoms with Crippen LogP contribution in [0.1, 0.15) is 38.1 Å².